The van der Waals surface area contributed by atoms with Crippen LogP contribution in [0.2, 0.25) is 0 Å². The van der Waals surface area contributed by atoms with Gasteiger partial charge in [0.25, 0.3) is 5.91 Å². The van der Waals surface area contributed by atoms with Crippen LogP contribution in [-0.2, 0) is 9.59 Å². The number of nitrogens with zero attached hydrogens (tertiary/aromatic N) is 2. The minimum Gasteiger partial charge on any atom is -0.372 e. The van der Waals surface area contributed by atoms with E-state index in [9.17, 15) is 14.4 Å². The lowest BCUT2D eigenvalue weighted by Gasteiger charge is -2.39. The van der Waals surface area contributed by atoms with Crippen LogP contribution in [0.4, 0.5) is 11.4 Å². The van der Waals surface area contributed by atoms with Crippen LogP contribution in [0.3, 0.4) is 0 Å². The number of hydrogen-bond donors (Lipinski definition) is 1. The maximum Gasteiger partial charge on any atom is 0.250 e. The summed E-state index contributed by atoms with van der Waals surface area (Å²) in [5.41, 5.74) is 9.83. The number of primary amides is 1. The highest BCUT2D eigenvalue weighted by atomic mass is 16.2. The van der Waals surface area contributed by atoms with E-state index in [1.54, 1.807) is 29.2 Å². The minimum atomic E-state index is -0.591. The first-order chi connectivity index (χ1) is 15.5. The molecule has 2 N–H and O–H groups in total. The Morgan fingerprint density at radius 3 is 2.38 bits per heavy atom. The molecule has 2 amide bonds. The van der Waals surface area contributed by atoms with Crippen molar-refractivity contribution in [3.63, 3.8) is 0 Å². The van der Waals surface area contributed by atoms with Crippen LogP contribution >= 0.6 is 0 Å². The standard InChI is InChI=1S/C26H29N3O3/c1-3-28(4-2)18-14-12-17(13-15-18)20-16-24(31)29(22-10-7-11-23(30)25(20)22)21-9-6-5-8-19(21)26(27)32/h5-6,8-9,12-15,20H,3-4,7,10-11,16H2,1-2H3,(H2,27,32). The van der Waals surface area contributed by atoms with Crippen molar-refractivity contribution >= 4 is 29.0 Å². The van der Waals surface area contributed by atoms with Gasteiger partial charge in [-0.25, -0.2) is 0 Å². The maximum absolute atomic E-state index is 13.4. The maximum atomic E-state index is 13.4. The fourth-order valence-electron chi connectivity index (χ4n) is 4.94. The Kier molecular flexibility index (Phi) is 6.12. The Morgan fingerprint density at radius 1 is 1.03 bits per heavy atom. The molecule has 166 valence electrons. The first-order valence-electron chi connectivity index (χ1n) is 11.3. The van der Waals surface area contributed by atoms with Crippen LogP contribution in [0.25, 0.3) is 0 Å². The Balaban J connectivity index is 1.80. The van der Waals surface area contributed by atoms with Crippen LogP contribution < -0.4 is 15.5 Å². The van der Waals surface area contributed by atoms with Crippen molar-refractivity contribution in [2.24, 2.45) is 5.73 Å². The van der Waals surface area contributed by atoms with Crippen molar-refractivity contribution in [1.82, 2.24) is 0 Å². The van der Waals surface area contributed by atoms with Gasteiger partial charge >= 0.3 is 0 Å². The molecule has 1 aliphatic heterocycles. The van der Waals surface area contributed by atoms with Crippen LogP contribution in [0.5, 0.6) is 0 Å². The molecule has 0 saturated heterocycles. The third-order valence-electron chi connectivity index (χ3n) is 6.51. The molecule has 0 bridgehead atoms. The summed E-state index contributed by atoms with van der Waals surface area (Å²) in [5.74, 6) is -0.900. The van der Waals surface area contributed by atoms with Crippen molar-refractivity contribution < 1.29 is 14.4 Å². The molecule has 0 saturated carbocycles. The number of carbonyl (C=O) groups excluding carboxylic acids is 3. The second-order valence-electron chi connectivity index (χ2n) is 8.27. The summed E-state index contributed by atoms with van der Waals surface area (Å²) >= 11 is 0. The molecule has 0 fully saturated rings. The van der Waals surface area contributed by atoms with E-state index in [-0.39, 0.29) is 29.6 Å². The number of rotatable bonds is 6. The molecule has 6 nitrogen and oxygen atoms in total. The van der Waals surface area contributed by atoms with Crippen molar-refractivity contribution in [2.75, 3.05) is 22.9 Å². The van der Waals surface area contributed by atoms with Gasteiger partial charge in [-0.1, -0.05) is 24.3 Å². The third kappa shape index (κ3) is 3.81. The van der Waals surface area contributed by atoms with Gasteiger partial charge in [0.05, 0.1) is 11.3 Å². The van der Waals surface area contributed by atoms with Gasteiger partial charge in [-0.05, 0) is 56.5 Å². The molecule has 32 heavy (non-hydrogen) atoms. The molecule has 6 heteroatoms. The van der Waals surface area contributed by atoms with Gasteiger partial charge in [-0.2, -0.15) is 0 Å². The molecule has 1 unspecified atom stereocenters. The molecule has 0 aromatic heterocycles. The van der Waals surface area contributed by atoms with Gasteiger partial charge in [-0.15, -0.1) is 0 Å². The Morgan fingerprint density at radius 2 is 1.72 bits per heavy atom. The molecule has 1 heterocycles. The normalized spacial score (nSPS) is 18.6. The van der Waals surface area contributed by atoms with E-state index in [0.29, 0.717) is 36.2 Å². The SMILES string of the molecule is CCN(CC)c1ccc(C2CC(=O)N(c3ccccc3C(N)=O)C3=C2C(=O)CCC3)cc1. The molecule has 1 atom stereocenters. The van der Waals surface area contributed by atoms with Gasteiger partial charge in [0.2, 0.25) is 5.91 Å². The number of allylic oxidation sites excluding steroid dienone is 2. The topological polar surface area (TPSA) is 83.7 Å². The van der Waals surface area contributed by atoms with E-state index in [2.05, 4.69) is 30.9 Å². The lowest BCUT2D eigenvalue weighted by Crippen LogP contribution is -2.41. The van der Waals surface area contributed by atoms with Gasteiger partial charge in [0, 0.05) is 48.8 Å². The number of benzene rings is 2. The summed E-state index contributed by atoms with van der Waals surface area (Å²) < 4.78 is 0. The quantitative estimate of drug-likeness (QED) is 0.744. The summed E-state index contributed by atoms with van der Waals surface area (Å²) in [6, 6.07) is 15.0. The molecule has 0 spiro atoms. The number of hydrogen-bond acceptors (Lipinski definition) is 4. The Labute approximate surface area is 188 Å². The Bertz CT molecular complexity index is 1080. The number of ketones is 1. The smallest absolute Gasteiger partial charge is 0.250 e. The van der Waals surface area contributed by atoms with Gasteiger partial charge in [0.15, 0.2) is 5.78 Å². The molecule has 1 aliphatic carbocycles. The first kappa shape index (κ1) is 21.8. The predicted molar refractivity (Wildman–Crippen MR) is 126 cm³/mol. The fourth-order valence-corrected chi connectivity index (χ4v) is 4.94. The average Bonchev–Trinajstić information content (AvgIpc) is 2.80. The predicted octanol–water partition coefficient (Wildman–Crippen LogP) is 4.16. The van der Waals surface area contributed by atoms with Crippen molar-refractivity contribution in [3.05, 3.63) is 70.9 Å². The number of carbonyl (C=O) groups is 3. The Hall–Kier alpha value is -3.41. The first-order valence-corrected chi connectivity index (χ1v) is 11.3. The second kappa shape index (κ2) is 8.99. The van der Waals surface area contributed by atoms with Crippen molar-refractivity contribution in [1.29, 1.82) is 0 Å². The highest BCUT2D eigenvalue weighted by Crippen LogP contribution is 2.44. The number of anilines is 2. The van der Waals surface area contributed by atoms with Crippen molar-refractivity contribution in [2.45, 2.75) is 45.4 Å². The van der Waals surface area contributed by atoms with Crippen LogP contribution in [0, 0.1) is 0 Å². The fraction of sp³-hybridized carbons (Fsp3) is 0.346. The zero-order valence-corrected chi connectivity index (χ0v) is 18.6. The number of nitrogens with two attached hydrogens (primary N) is 1. The lowest BCUT2D eigenvalue weighted by atomic mass is 9.77. The molecule has 4 rings (SSSR count). The lowest BCUT2D eigenvalue weighted by molar-refractivity contribution is -0.119. The zero-order valence-electron chi connectivity index (χ0n) is 18.6. The average molecular weight is 432 g/mol. The van der Waals surface area contributed by atoms with Gasteiger partial charge < -0.3 is 10.6 Å². The van der Waals surface area contributed by atoms with Crippen LogP contribution in [-0.4, -0.2) is 30.7 Å². The molecule has 2 aromatic rings. The second-order valence-corrected chi connectivity index (χ2v) is 8.27. The summed E-state index contributed by atoms with van der Waals surface area (Å²) in [6.45, 7) is 6.07. The minimum absolute atomic E-state index is 0.0816. The molecule has 2 aliphatic rings. The van der Waals surface area contributed by atoms with Crippen LogP contribution in [0.1, 0.15) is 61.4 Å². The van der Waals surface area contributed by atoms with E-state index in [4.69, 9.17) is 5.73 Å². The third-order valence-corrected chi connectivity index (χ3v) is 6.51. The van der Waals surface area contributed by atoms with E-state index in [0.717, 1.165) is 24.3 Å². The number of amides is 2. The summed E-state index contributed by atoms with van der Waals surface area (Å²) in [7, 11) is 0. The number of para-hydroxylation sites is 1. The van der Waals surface area contributed by atoms with E-state index >= 15 is 0 Å². The van der Waals surface area contributed by atoms with Crippen LogP contribution in [0.15, 0.2) is 59.8 Å². The van der Waals surface area contributed by atoms with E-state index < -0.39 is 5.91 Å². The zero-order chi connectivity index (χ0) is 22.8. The van der Waals surface area contributed by atoms with Crippen molar-refractivity contribution in [3.8, 4) is 0 Å². The molecule has 2 aromatic carbocycles. The summed E-state index contributed by atoms with van der Waals surface area (Å²) in [6.07, 6.45) is 1.97. The van der Waals surface area contributed by atoms with E-state index in [1.165, 1.54) is 0 Å². The highest BCUT2D eigenvalue weighted by Gasteiger charge is 2.40. The molecule has 0 radical (unpaired) electrons. The van der Waals surface area contributed by atoms with Gasteiger partial charge in [0.1, 0.15) is 0 Å². The van der Waals surface area contributed by atoms with E-state index in [1.807, 2.05) is 12.1 Å². The number of Topliss-reactive ketones (excluding diaryl/α,β-unsaturated/α-hetero) is 1. The largest absolute Gasteiger partial charge is 0.372 e. The molecular weight excluding hydrogens is 402 g/mol. The monoisotopic (exact) mass is 431 g/mol. The van der Waals surface area contributed by atoms with Gasteiger partial charge in [-0.3, -0.25) is 19.3 Å². The summed E-state index contributed by atoms with van der Waals surface area (Å²) in [5, 5.41) is 0. The summed E-state index contributed by atoms with van der Waals surface area (Å²) in [4.78, 5) is 42.3. The molecular formula is C26H29N3O3. The highest BCUT2D eigenvalue weighted by molar-refractivity contribution is 6.10.